The molecule has 0 saturated carbocycles. The summed E-state index contributed by atoms with van der Waals surface area (Å²) >= 11 is 0. The van der Waals surface area contributed by atoms with E-state index in [1.165, 1.54) is 5.56 Å². The summed E-state index contributed by atoms with van der Waals surface area (Å²) in [5.41, 5.74) is 8.94. The first-order valence-electron chi connectivity index (χ1n) is 6.77. The number of hydrogen-bond acceptors (Lipinski definition) is 4. The Morgan fingerprint density at radius 2 is 1.84 bits per heavy atom. The summed E-state index contributed by atoms with van der Waals surface area (Å²) < 4.78 is 10.9. The minimum atomic E-state index is 0.730. The van der Waals surface area contributed by atoms with E-state index in [0.717, 1.165) is 55.1 Å². The van der Waals surface area contributed by atoms with Gasteiger partial charge in [0.05, 0.1) is 14.2 Å². The van der Waals surface area contributed by atoms with Crippen LogP contribution in [0.2, 0.25) is 0 Å². The molecule has 0 bridgehead atoms. The highest BCUT2D eigenvalue weighted by Crippen LogP contribution is 2.33. The third kappa shape index (κ3) is 4.11. The van der Waals surface area contributed by atoms with Gasteiger partial charge >= 0.3 is 0 Å². The van der Waals surface area contributed by atoms with Crippen LogP contribution >= 0.6 is 0 Å². The van der Waals surface area contributed by atoms with E-state index in [-0.39, 0.29) is 0 Å². The molecule has 1 aromatic rings. The van der Waals surface area contributed by atoms with Crippen LogP contribution in [0.5, 0.6) is 11.5 Å². The Bertz CT molecular complexity index is 406. The number of nitrogens with two attached hydrogens (primary N) is 1. The van der Waals surface area contributed by atoms with E-state index in [9.17, 15) is 0 Å². The molecule has 0 fully saturated rings. The molecule has 0 spiro atoms. The van der Waals surface area contributed by atoms with E-state index >= 15 is 0 Å². The normalized spacial score (nSPS) is 10.6. The van der Waals surface area contributed by atoms with Gasteiger partial charge in [0.2, 0.25) is 0 Å². The maximum absolute atomic E-state index is 5.53. The Hall–Kier alpha value is -1.26. The summed E-state index contributed by atoms with van der Waals surface area (Å²) in [7, 11) is 3.43. The topological polar surface area (TPSA) is 56.5 Å². The lowest BCUT2D eigenvalue weighted by atomic mass is 10.0. The average Bonchev–Trinajstić information content (AvgIpc) is 2.42. The summed E-state index contributed by atoms with van der Waals surface area (Å²) in [6, 6.07) is 2.08. The van der Waals surface area contributed by atoms with Crippen molar-refractivity contribution in [2.75, 3.05) is 33.9 Å². The van der Waals surface area contributed by atoms with Gasteiger partial charge in [-0.1, -0.05) is 0 Å². The number of hydrogen-bond donors (Lipinski definition) is 2. The Morgan fingerprint density at radius 1 is 1.11 bits per heavy atom. The smallest absolute Gasteiger partial charge is 0.125 e. The fourth-order valence-corrected chi connectivity index (χ4v) is 2.19. The Morgan fingerprint density at radius 3 is 2.42 bits per heavy atom. The molecule has 0 aliphatic rings. The quantitative estimate of drug-likeness (QED) is 0.705. The maximum Gasteiger partial charge on any atom is 0.125 e. The Kier molecular flexibility index (Phi) is 6.67. The summed E-state index contributed by atoms with van der Waals surface area (Å²) in [5.74, 6) is 1.90. The van der Waals surface area contributed by atoms with Crippen LogP contribution in [0.1, 0.15) is 23.1 Å². The van der Waals surface area contributed by atoms with Crippen LogP contribution in [0.3, 0.4) is 0 Å². The molecule has 1 rings (SSSR count). The number of rotatable bonds is 8. The van der Waals surface area contributed by atoms with E-state index in [1.54, 1.807) is 14.2 Å². The monoisotopic (exact) mass is 266 g/mol. The molecule has 108 valence electrons. The van der Waals surface area contributed by atoms with Crippen molar-refractivity contribution in [3.8, 4) is 11.5 Å². The van der Waals surface area contributed by atoms with Gasteiger partial charge < -0.3 is 20.5 Å². The molecule has 0 radical (unpaired) electrons. The molecule has 4 nitrogen and oxygen atoms in total. The first-order valence-corrected chi connectivity index (χ1v) is 6.77. The molecule has 0 saturated heterocycles. The third-order valence-corrected chi connectivity index (χ3v) is 3.42. The zero-order valence-electron chi connectivity index (χ0n) is 12.5. The minimum Gasteiger partial charge on any atom is -0.496 e. The van der Waals surface area contributed by atoms with Crippen molar-refractivity contribution in [1.82, 2.24) is 5.32 Å². The lowest BCUT2D eigenvalue weighted by Crippen LogP contribution is -2.21. The zero-order valence-corrected chi connectivity index (χ0v) is 12.5. The van der Waals surface area contributed by atoms with Crippen LogP contribution in [0, 0.1) is 13.8 Å². The standard InChI is InChI=1S/C15H26N2O2/c1-11-12(2)15(19-4)13(10-14(11)18-3)6-9-17-8-5-7-16/h10,17H,5-9,16H2,1-4H3. The van der Waals surface area contributed by atoms with E-state index < -0.39 is 0 Å². The number of methoxy groups -OCH3 is 2. The van der Waals surface area contributed by atoms with Gasteiger partial charge in [-0.25, -0.2) is 0 Å². The molecule has 0 unspecified atom stereocenters. The highest BCUT2D eigenvalue weighted by Gasteiger charge is 2.13. The van der Waals surface area contributed by atoms with Gasteiger partial charge in [0.1, 0.15) is 11.5 Å². The van der Waals surface area contributed by atoms with Crippen molar-refractivity contribution in [3.05, 3.63) is 22.8 Å². The van der Waals surface area contributed by atoms with Crippen molar-refractivity contribution >= 4 is 0 Å². The SMILES string of the molecule is COc1cc(CCNCCCN)c(OC)c(C)c1C. The van der Waals surface area contributed by atoms with E-state index in [1.807, 2.05) is 0 Å². The van der Waals surface area contributed by atoms with Gasteiger partial charge in [-0.15, -0.1) is 0 Å². The molecule has 4 heteroatoms. The van der Waals surface area contributed by atoms with Gasteiger partial charge in [0.15, 0.2) is 0 Å². The molecule has 3 N–H and O–H groups in total. The van der Waals surface area contributed by atoms with Crippen molar-refractivity contribution < 1.29 is 9.47 Å². The molecular weight excluding hydrogens is 240 g/mol. The largest absolute Gasteiger partial charge is 0.496 e. The second-order valence-corrected chi connectivity index (χ2v) is 4.66. The van der Waals surface area contributed by atoms with Crippen molar-refractivity contribution in [2.24, 2.45) is 5.73 Å². The molecule has 0 aliphatic heterocycles. The summed E-state index contributed by atoms with van der Waals surface area (Å²) in [5, 5.41) is 3.38. The fraction of sp³-hybridized carbons (Fsp3) is 0.600. The number of benzene rings is 1. The van der Waals surface area contributed by atoms with Crippen molar-refractivity contribution in [3.63, 3.8) is 0 Å². The lowest BCUT2D eigenvalue weighted by molar-refractivity contribution is 0.393. The molecule has 0 aromatic heterocycles. The van der Waals surface area contributed by atoms with Gasteiger partial charge in [0, 0.05) is 0 Å². The predicted molar refractivity (Wildman–Crippen MR) is 79.3 cm³/mol. The number of nitrogens with one attached hydrogen (secondary N) is 1. The van der Waals surface area contributed by atoms with E-state index in [4.69, 9.17) is 15.2 Å². The zero-order chi connectivity index (χ0) is 14.3. The van der Waals surface area contributed by atoms with E-state index in [2.05, 4.69) is 25.2 Å². The van der Waals surface area contributed by atoms with Gasteiger partial charge in [-0.3, -0.25) is 0 Å². The highest BCUT2D eigenvalue weighted by atomic mass is 16.5. The molecule has 1 aromatic carbocycles. The molecule has 0 aliphatic carbocycles. The van der Waals surface area contributed by atoms with Crippen LogP contribution in [-0.4, -0.2) is 33.9 Å². The summed E-state index contributed by atoms with van der Waals surface area (Å²) in [6.45, 7) is 6.73. The molecule has 0 heterocycles. The van der Waals surface area contributed by atoms with Gasteiger partial charge in [-0.2, -0.15) is 0 Å². The average molecular weight is 266 g/mol. The lowest BCUT2D eigenvalue weighted by Gasteiger charge is -2.17. The minimum absolute atomic E-state index is 0.730. The van der Waals surface area contributed by atoms with Crippen LogP contribution in [-0.2, 0) is 6.42 Å². The first-order chi connectivity index (χ1) is 9.15. The Labute approximate surface area is 116 Å². The van der Waals surface area contributed by atoms with Crippen LogP contribution in [0.4, 0.5) is 0 Å². The van der Waals surface area contributed by atoms with Gasteiger partial charge in [-0.05, 0) is 69.1 Å². The second kappa shape index (κ2) is 8.02. The highest BCUT2D eigenvalue weighted by molar-refractivity contribution is 5.52. The predicted octanol–water partition coefficient (Wildman–Crippen LogP) is 1.80. The maximum atomic E-state index is 5.53. The van der Waals surface area contributed by atoms with Crippen LogP contribution in [0.25, 0.3) is 0 Å². The molecular formula is C15H26N2O2. The van der Waals surface area contributed by atoms with E-state index in [0.29, 0.717) is 0 Å². The van der Waals surface area contributed by atoms with Crippen molar-refractivity contribution in [2.45, 2.75) is 26.7 Å². The second-order valence-electron chi connectivity index (χ2n) is 4.66. The molecule has 19 heavy (non-hydrogen) atoms. The third-order valence-electron chi connectivity index (χ3n) is 3.42. The fourth-order valence-electron chi connectivity index (χ4n) is 2.19. The Balaban J connectivity index is 2.78. The number of ether oxygens (including phenoxy) is 2. The van der Waals surface area contributed by atoms with Crippen molar-refractivity contribution in [1.29, 1.82) is 0 Å². The molecule has 0 atom stereocenters. The summed E-state index contributed by atoms with van der Waals surface area (Å²) in [4.78, 5) is 0. The van der Waals surface area contributed by atoms with Gasteiger partial charge in [0.25, 0.3) is 0 Å². The first kappa shape index (κ1) is 15.8. The summed E-state index contributed by atoms with van der Waals surface area (Å²) in [6.07, 6.45) is 1.93. The van der Waals surface area contributed by atoms with Crippen LogP contribution in [0.15, 0.2) is 6.07 Å². The van der Waals surface area contributed by atoms with Crippen LogP contribution < -0.4 is 20.5 Å². The molecule has 0 amide bonds.